The zero-order chi connectivity index (χ0) is 18.8. The summed E-state index contributed by atoms with van der Waals surface area (Å²) in [6, 6.07) is 6.94. The molecular formula is C16H20N4O5S. The van der Waals surface area contributed by atoms with E-state index >= 15 is 0 Å². The van der Waals surface area contributed by atoms with Gasteiger partial charge in [-0.2, -0.15) is 0 Å². The molecule has 0 saturated heterocycles. The summed E-state index contributed by atoms with van der Waals surface area (Å²) in [6.45, 7) is 0.865. The Balaban J connectivity index is 1.77. The first-order chi connectivity index (χ1) is 12.6. The van der Waals surface area contributed by atoms with Crippen LogP contribution in [0.1, 0.15) is 14.8 Å². The molecule has 140 valence electrons. The monoisotopic (exact) mass is 380 g/mol. The molecule has 10 heteroatoms. The summed E-state index contributed by atoms with van der Waals surface area (Å²) in [5, 5.41) is 13.8. The molecule has 0 spiro atoms. The van der Waals surface area contributed by atoms with Crippen molar-refractivity contribution in [3.63, 3.8) is 0 Å². The van der Waals surface area contributed by atoms with Gasteiger partial charge in [0.25, 0.3) is 5.91 Å². The lowest BCUT2D eigenvalue weighted by atomic mass is 10.3. The largest absolute Gasteiger partial charge is 0.497 e. The highest BCUT2D eigenvalue weighted by Gasteiger charge is 2.13. The van der Waals surface area contributed by atoms with Crippen molar-refractivity contribution in [1.29, 1.82) is 0 Å². The quantitative estimate of drug-likeness (QED) is 0.593. The van der Waals surface area contributed by atoms with Gasteiger partial charge in [-0.3, -0.25) is 9.59 Å². The van der Waals surface area contributed by atoms with Crippen LogP contribution in [0.2, 0.25) is 0 Å². The highest BCUT2D eigenvalue weighted by atomic mass is 32.1. The maximum atomic E-state index is 12.2. The number of aromatic nitrogens is 2. The minimum Gasteiger partial charge on any atom is -0.497 e. The number of ether oxygens (including phenoxy) is 3. The van der Waals surface area contributed by atoms with Crippen molar-refractivity contribution < 1.29 is 23.8 Å². The molecule has 1 aromatic heterocycles. The van der Waals surface area contributed by atoms with E-state index in [1.165, 1.54) is 0 Å². The van der Waals surface area contributed by atoms with Crippen LogP contribution in [-0.4, -0.2) is 56.0 Å². The number of nitrogens with zero attached hydrogens (tertiary/aromatic N) is 2. The number of carbonyl (C=O) groups excluding carboxylic acids is 2. The van der Waals surface area contributed by atoms with Crippen molar-refractivity contribution in [2.45, 2.75) is 6.61 Å². The average Bonchev–Trinajstić information content (AvgIpc) is 3.12. The van der Waals surface area contributed by atoms with Gasteiger partial charge in [-0.15, -0.1) is 10.2 Å². The predicted octanol–water partition coefficient (Wildman–Crippen LogP) is 1.08. The van der Waals surface area contributed by atoms with Gasteiger partial charge >= 0.3 is 0 Å². The van der Waals surface area contributed by atoms with E-state index in [1.807, 2.05) is 0 Å². The second-order valence-corrected chi connectivity index (χ2v) is 6.08. The number of amides is 2. The van der Waals surface area contributed by atoms with Gasteiger partial charge in [0, 0.05) is 19.3 Å². The number of hydrogen-bond donors (Lipinski definition) is 2. The number of hydrogen-bond acceptors (Lipinski definition) is 8. The highest BCUT2D eigenvalue weighted by Crippen LogP contribution is 2.17. The summed E-state index contributed by atoms with van der Waals surface area (Å²) in [4.78, 5) is 23.6. The summed E-state index contributed by atoms with van der Waals surface area (Å²) < 4.78 is 15.1. The number of rotatable bonds is 10. The Labute approximate surface area is 154 Å². The highest BCUT2D eigenvalue weighted by molar-refractivity contribution is 7.13. The molecule has 1 aromatic carbocycles. The molecule has 0 fully saturated rings. The summed E-state index contributed by atoms with van der Waals surface area (Å²) in [5.74, 6) is 0.0878. The summed E-state index contributed by atoms with van der Waals surface area (Å²) in [6.07, 6.45) is 0. The van der Waals surface area contributed by atoms with Gasteiger partial charge in [0.15, 0.2) is 0 Å². The smallest absolute Gasteiger partial charge is 0.286 e. The van der Waals surface area contributed by atoms with E-state index in [4.69, 9.17) is 14.2 Å². The molecule has 2 aromatic rings. The molecule has 0 radical (unpaired) electrons. The van der Waals surface area contributed by atoms with Crippen LogP contribution in [0.5, 0.6) is 5.75 Å². The zero-order valence-corrected chi connectivity index (χ0v) is 15.3. The summed E-state index contributed by atoms with van der Waals surface area (Å²) in [5.41, 5.74) is 0.622. The predicted molar refractivity (Wildman–Crippen MR) is 95.4 cm³/mol. The van der Waals surface area contributed by atoms with E-state index in [2.05, 4.69) is 20.8 Å². The van der Waals surface area contributed by atoms with Crippen molar-refractivity contribution in [3.05, 3.63) is 34.3 Å². The van der Waals surface area contributed by atoms with Crippen molar-refractivity contribution in [2.24, 2.45) is 0 Å². The molecule has 0 aliphatic heterocycles. The van der Waals surface area contributed by atoms with E-state index in [0.717, 1.165) is 11.3 Å². The first-order valence-corrected chi connectivity index (χ1v) is 8.55. The third kappa shape index (κ3) is 6.39. The van der Waals surface area contributed by atoms with Crippen molar-refractivity contribution in [2.75, 3.05) is 39.3 Å². The van der Waals surface area contributed by atoms with Crippen LogP contribution in [0.25, 0.3) is 0 Å². The van der Waals surface area contributed by atoms with Crippen LogP contribution >= 0.6 is 11.3 Å². The van der Waals surface area contributed by atoms with Crippen molar-refractivity contribution >= 4 is 28.8 Å². The van der Waals surface area contributed by atoms with Crippen LogP contribution < -0.4 is 15.4 Å². The van der Waals surface area contributed by atoms with E-state index < -0.39 is 0 Å². The summed E-state index contributed by atoms with van der Waals surface area (Å²) in [7, 11) is 3.13. The Kier molecular flexibility index (Phi) is 7.93. The molecule has 1 heterocycles. The Morgan fingerprint density at radius 2 is 1.92 bits per heavy atom. The van der Waals surface area contributed by atoms with E-state index in [1.54, 1.807) is 38.5 Å². The zero-order valence-electron chi connectivity index (χ0n) is 14.5. The fourth-order valence-corrected chi connectivity index (χ4v) is 2.51. The van der Waals surface area contributed by atoms with Crippen LogP contribution in [0.15, 0.2) is 24.3 Å². The SMILES string of the molecule is COCCNC(=O)COCc1nnc(C(=O)Nc2ccc(OC)cc2)s1. The van der Waals surface area contributed by atoms with E-state index in [9.17, 15) is 9.59 Å². The molecule has 0 saturated carbocycles. The number of benzene rings is 1. The molecule has 0 aliphatic carbocycles. The number of anilines is 1. The second-order valence-electron chi connectivity index (χ2n) is 5.02. The fraction of sp³-hybridized carbons (Fsp3) is 0.375. The standard InChI is InChI=1S/C16H20N4O5S/c1-23-8-7-17-13(21)9-25-10-14-19-20-16(26-14)15(22)18-11-3-5-12(24-2)6-4-11/h3-6H,7-10H2,1-2H3,(H,17,21)(H,18,22). The van der Waals surface area contributed by atoms with Crippen LogP contribution in [-0.2, 0) is 20.9 Å². The lowest BCUT2D eigenvalue weighted by molar-refractivity contribution is -0.126. The maximum absolute atomic E-state index is 12.2. The molecule has 0 bridgehead atoms. The van der Waals surface area contributed by atoms with Crippen molar-refractivity contribution in [1.82, 2.24) is 15.5 Å². The molecule has 9 nitrogen and oxygen atoms in total. The molecular weight excluding hydrogens is 360 g/mol. The molecule has 2 amide bonds. The molecule has 2 N–H and O–H groups in total. The van der Waals surface area contributed by atoms with Gasteiger partial charge in [-0.1, -0.05) is 11.3 Å². The first kappa shape index (κ1) is 19.8. The lowest BCUT2D eigenvalue weighted by Gasteiger charge is -2.04. The molecule has 0 aliphatic rings. The number of carbonyl (C=O) groups is 2. The maximum Gasteiger partial charge on any atom is 0.286 e. The van der Waals surface area contributed by atoms with Crippen LogP contribution in [0.3, 0.4) is 0 Å². The van der Waals surface area contributed by atoms with Gasteiger partial charge in [0.1, 0.15) is 24.0 Å². The molecule has 2 rings (SSSR count). The average molecular weight is 380 g/mol. The number of methoxy groups -OCH3 is 2. The Morgan fingerprint density at radius 3 is 2.62 bits per heavy atom. The Morgan fingerprint density at radius 1 is 1.15 bits per heavy atom. The lowest BCUT2D eigenvalue weighted by Crippen LogP contribution is -2.30. The molecule has 26 heavy (non-hydrogen) atoms. The van der Waals surface area contributed by atoms with E-state index in [0.29, 0.717) is 29.6 Å². The molecule has 0 unspecified atom stereocenters. The van der Waals surface area contributed by atoms with E-state index in [-0.39, 0.29) is 30.0 Å². The fourth-order valence-electron chi connectivity index (χ4n) is 1.84. The first-order valence-electron chi connectivity index (χ1n) is 7.73. The van der Waals surface area contributed by atoms with Gasteiger partial charge in [0.05, 0.1) is 13.7 Å². The third-order valence-electron chi connectivity index (χ3n) is 3.10. The second kappa shape index (κ2) is 10.4. The normalized spacial score (nSPS) is 10.4. The third-order valence-corrected chi connectivity index (χ3v) is 3.99. The molecule has 0 atom stereocenters. The van der Waals surface area contributed by atoms with Gasteiger partial charge in [0.2, 0.25) is 10.9 Å². The van der Waals surface area contributed by atoms with Crippen LogP contribution in [0, 0.1) is 0 Å². The minimum absolute atomic E-state index is 0.101. The van der Waals surface area contributed by atoms with Gasteiger partial charge in [-0.25, -0.2) is 0 Å². The van der Waals surface area contributed by atoms with Gasteiger partial charge < -0.3 is 24.8 Å². The minimum atomic E-state index is -0.365. The Hall–Kier alpha value is -2.56. The number of nitrogens with one attached hydrogen (secondary N) is 2. The Bertz CT molecular complexity index is 720. The van der Waals surface area contributed by atoms with Gasteiger partial charge in [-0.05, 0) is 24.3 Å². The van der Waals surface area contributed by atoms with Crippen LogP contribution in [0.4, 0.5) is 5.69 Å². The van der Waals surface area contributed by atoms with Crippen molar-refractivity contribution in [3.8, 4) is 5.75 Å². The topological polar surface area (TPSA) is 112 Å². The summed E-state index contributed by atoms with van der Waals surface area (Å²) >= 11 is 1.11.